The number of hydrogen-bond acceptors (Lipinski definition) is 5. The maximum atomic E-state index is 13.0. The lowest BCUT2D eigenvalue weighted by Gasteiger charge is -2.25. The average Bonchev–Trinajstić information content (AvgIpc) is 3.33. The first-order valence-corrected chi connectivity index (χ1v) is 11.6. The van der Waals surface area contributed by atoms with Gasteiger partial charge in [-0.15, -0.1) is 11.8 Å². The highest BCUT2D eigenvalue weighted by atomic mass is 32.2. The molecule has 2 amide bonds. The van der Waals surface area contributed by atoms with Crippen LogP contribution in [0, 0.1) is 0 Å². The van der Waals surface area contributed by atoms with Gasteiger partial charge in [0, 0.05) is 24.5 Å². The molecule has 2 aromatic carbocycles. The summed E-state index contributed by atoms with van der Waals surface area (Å²) in [6.45, 7) is 2.17. The maximum Gasteiger partial charge on any atom is 0.252 e. The Morgan fingerprint density at radius 2 is 1.77 bits per heavy atom. The Bertz CT molecular complexity index is 880. The zero-order valence-corrected chi connectivity index (χ0v) is 19.3. The predicted octanol–water partition coefficient (Wildman–Crippen LogP) is 3.44. The summed E-state index contributed by atoms with van der Waals surface area (Å²) in [6.07, 6.45) is 2.16. The van der Waals surface area contributed by atoms with E-state index in [2.05, 4.69) is 10.2 Å². The van der Waals surface area contributed by atoms with Gasteiger partial charge in [-0.05, 0) is 56.8 Å². The molecule has 0 saturated carbocycles. The summed E-state index contributed by atoms with van der Waals surface area (Å²) in [6, 6.07) is 15.4. The number of nitrogens with one attached hydrogen (secondary N) is 1. The molecule has 7 heteroatoms. The number of carbonyl (C=O) groups excluding carboxylic acids is 2. The third-order valence-corrected chi connectivity index (χ3v) is 6.58. The molecule has 1 heterocycles. The van der Waals surface area contributed by atoms with Gasteiger partial charge in [0.25, 0.3) is 5.91 Å². The van der Waals surface area contributed by atoms with Crippen molar-refractivity contribution in [2.24, 2.45) is 0 Å². The summed E-state index contributed by atoms with van der Waals surface area (Å²) < 4.78 is 5.24. The summed E-state index contributed by atoms with van der Waals surface area (Å²) >= 11 is 1.44. The SMILES string of the molecule is COc1ccc(C(CNC(=O)c2ccccc2SCC(=O)N2CCCC2)N(C)C)cc1. The first kappa shape index (κ1) is 23.2. The summed E-state index contributed by atoms with van der Waals surface area (Å²) in [4.78, 5) is 30.2. The van der Waals surface area contributed by atoms with Crippen molar-refractivity contribution in [2.75, 3.05) is 46.6 Å². The molecular weight excluding hydrogens is 410 g/mol. The van der Waals surface area contributed by atoms with Crippen LogP contribution in [0.2, 0.25) is 0 Å². The van der Waals surface area contributed by atoms with Crippen LogP contribution in [-0.4, -0.2) is 68.2 Å². The van der Waals surface area contributed by atoms with Crippen molar-refractivity contribution in [1.29, 1.82) is 0 Å². The number of carbonyl (C=O) groups is 2. The molecule has 0 aliphatic carbocycles. The summed E-state index contributed by atoms with van der Waals surface area (Å²) in [5, 5.41) is 3.07. The molecule has 1 atom stereocenters. The van der Waals surface area contributed by atoms with Crippen molar-refractivity contribution in [3.8, 4) is 5.75 Å². The van der Waals surface area contributed by atoms with Gasteiger partial charge in [-0.25, -0.2) is 0 Å². The number of likely N-dealkylation sites (N-methyl/N-ethyl adjacent to an activating group) is 1. The van der Waals surface area contributed by atoms with Crippen molar-refractivity contribution in [1.82, 2.24) is 15.1 Å². The molecule has 0 bridgehead atoms. The van der Waals surface area contributed by atoms with E-state index in [1.54, 1.807) is 7.11 Å². The van der Waals surface area contributed by atoms with Crippen LogP contribution in [0.4, 0.5) is 0 Å². The fourth-order valence-electron chi connectivity index (χ4n) is 3.69. The standard InChI is InChI=1S/C24H31N3O3S/c1-26(2)21(18-10-12-19(30-3)13-11-18)16-25-24(29)20-8-4-5-9-22(20)31-17-23(28)27-14-6-7-15-27/h4-5,8-13,21H,6-7,14-17H2,1-3H3,(H,25,29). The Morgan fingerprint density at radius 3 is 2.42 bits per heavy atom. The van der Waals surface area contributed by atoms with Gasteiger partial charge >= 0.3 is 0 Å². The highest BCUT2D eigenvalue weighted by molar-refractivity contribution is 8.00. The monoisotopic (exact) mass is 441 g/mol. The highest BCUT2D eigenvalue weighted by Gasteiger charge is 2.20. The molecule has 3 rings (SSSR count). The van der Waals surface area contributed by atoms with Crippen molar-refractivity contribution in [3.05, 3.63) is 59.7 Å². The molecule has 1 aliphatic rings. The van der Waals surface area contributed by atoms with E-state index in [-0.39, 0.29) is 17.9 Å². The minimum Gasteiger partial charge on any atom is -0.497 e. The van der Waals surface area contributed by atoms with Crippen LogP contribution in [-0.2, 0) is 4.79 Å². The molecule has 0 aromatic heterocycles. The lowest BCUT2D eigenvalue weighted by Crippen LogP contribution is -2.34. The van der Waals surface area contributed by atoms with Crippen LogP contribution in [0.3, 0.4) is 0 Å². The number of amides is 2. The fraction of sp³-hybridized carbons (Fsp3) is 0.417. The maximum absolute atomic E-state index is 13.0. The van der Waals surface area contributed by atoms with Gasteiger partial charge in [0.2, 0.25) is 5.91 Å². The molecule has 1 aliphatic heterocycles. The number of likely N-dealkylation sites (tertiary alicyclic amines) is 1. The van der Waals surface area contributed by atoms with E-state index in [0.29, 0.717) is 17.9 Å². The van der Waals surface area contributed by atoms with Gasteiger partial charge in [-0.2, -0.15) is 0 Å². The summed E-state index contributed by atoms with van der Waals surface area (Å²) in [7, 11) is 5.64. The van der Waals surface area contributed by atoms with E-state index < -0.39 is 0 Å². The second kappa shape index (κ2) is 11.2. The molecule has 1 saturated heterocycles. The molecule has 31 heavy (non-hydrogen) atoms. The Hall–Kier alpha value is -2.51. The zero-order chi connectivity index (χ0) is 22.2. The van der Waals surface area contributed by atoms with Crippen molar-refractivity contribution in [2.45, 2.75) is 23.8 Å². The second-order valence-corrected chi connectivity index (χ2v) is 8.85. The Labute approximate surface area is 188 Å². The topological polar surface area (TPSA) is 61.9 Å². The van der Waals surface area contributed by atoms with Gasteiger partial charge in [0.05, 0.1) is 24.5 Å². The summed E-state index contributed by atoms with van der Waals surface area (Å²) in [5.74, 6) is 1.18. The molecule has 166 valence electrons. The van der Waals surface area contributed by atoms with E-state index in [4.69, 9.17) is 4.74 Å². The molecule has 0 radical (unpaired) electrons. The number of hydrogen-bond donors (Lipinski definition) is 1. The number of benzene rings is 2. The quantitative estimate of drug-likeness (QED) is 0.604. The third-order valence-electron chi connectivity index (χ3n) is 5.52. The van der Waals surface area contributed by atoms with Gasteiger partial charge in [0.1, 0.15) is 5.75 Å². The normalized spacial score (nSPS) is 14.5. The van der Waals surface area contributed by atoms with Crippen LogP contribution in [0.15, 0.2) is 53.4 Å². The Kier molecular flexibility index (Phi) is 8.37. The van der Waals surface area contributed by atoms with E-state index in [1.807, 2.05) is 67.5 Å². The largest absolute Gasteiger partial charge is 0.497 e. The van der Waals surface area contributed by atoms with Crippen molar-refractivity contribution < 1.29 is 14.3 Å². The molecule has 1 N–H and O–H groups in total. The molecule has 1 unspecified atom stereocenters. The van der Waals surface area contributed by atoms with Gasteiger partial charge in [-0.3, -0.25) is 9.59 Å². The summed E-state index contributed by atoms with van der Waals surface area (Å²) in [5.41, 5.74) is 1.71. The molecule has 2 aromatic rings. The van der Waals surface area contributed by atoms with E-state index in [0.717, 1.165) is 42.1 Å². The molecule has 6 nitrogen and oxygen atoms in total. The Balaban J connectivity index is 1.63. The van der Waals surface area contributed by atoms with E-state index >= 15 is 0 Å². The number of thioether (sulfide) groups is 1. The third kappa shape index (κ3) is 6.24. The average molecular weight is 442 g/mol. The molecule has 1 fully saturated rings. The first-order valence-electron chi connectivity index (χ1n) is 10.6. The number of ether oxygens (including phenoxy) is 1. The van der Waals surface area contributed by atoms with E-state index in [9.17, 15) is 9.59 Å². The lowest BCUT2D eigenvalue weighted by atomic mass is 10.1. The second-order valence-electron chi connectivity index (χ2n) is 7.84. The number of nitrogens with zero attached hydrogens (tertiary/aromatic N) is 2. The van der Waals surface area contributed by atoms with E-state index in [1.165, 1.54) is 11.8 Å². The van der Waals surface area contributed by atoms with Gasteiger partial charge < -0.3 is 19.9 Å². The zero-order valence-electron chi connectivity index (χ0n) is 18.5. The van der Waals surface area contributed by atoms with Gasteiger partial charge in [0.15, 0.2) is 0 Å². The van der Waals surface area contributed by atoms with Crippen LogP contribution in [0.1, 0.15) is 34.8 Å². The Morgan fingerprint density at radius 1 is 1.10 bits per heavy atom. The predicted molar refractivity (Wildman–Crippen MR) is 125 cm³/mol. The minimum atomic E-state index is -0.128. The lowest BCUT2D eigenvalue weighted by molar-refractivity contribution is -0.127. The van der Waals surface area contributed by atoms with Crippen molar-refractivity contribution >= 4 is 23.6 Å². The van der Waals surface area contributed by atoms with Crippen LogP contribution >= 0.6 is 11.8 Å². The number of methoxy groups -OCH3 is 1. The molecule has 0 spiro atoms. The smallest absolute Gasteiger partial charge is 0.252 e. The van der Waals surface area contributed by atoms with Crippen LogP contribution in [0.25, 0.3) is 0 Å². The highest BCUT2D eigenvalue weighted by Crippen LogP contribution is 2.25. The van der Waals surface area contributed by atoms with Gasteiger partial charge in [-0.1, -0.05) is 24.3 Å². The fourth-order valence-corrected chi connectivity index (χ4v) is 4.64. The van der Waals surface area contributed by atoms with Crippen LogP contribution in [0.5, 0.6) is 5.75 Å². The first-order chi connectivity index (χ1) is 15.0. The minimum absolute atomic E-state index is 0.0337. The number of rotatable bonds is 9. The van der Waals surface area contributed by atoms with Crippen LogP contribution < -0.4 is 10.1 Å². The molecular formula is C24H31N3O3S. The van der Waals surface area contributed by atoms with Crippen molar-refractivity contribution in [3.63, 3.8) is 0 Å².